The SMILES string of the molecule is N[C@@H](CC(CCCCCCCl)C(=O)O)C(=O)O. The monoisotopic (exact) mass is 265 g/mol. The van der Waals surface area contributed by atoms with E-state index >= 15 is 0 Å². The van der Waals surface area contributed by atoms with Crippen LogP contribution in [0.2, 0.25) is 0 Å². The van der Waals surface area contributed by atoms with Gasteiger partial charge in [0.05, 0.1) is 5.92 Å². The van der Waals surface area contributed by atoms with Gasteiger partial charge in [-0.2, -0.15) is 0 Å². The fourth-order valence-electron chi connectivity index (χ4n) is 1.59. The molecule has 0 saturated carbocycles. The number of rotatable bonds is 10. The van der Waals surface area contributed by atoms with Gasteiger partial charge in [0.2, 0.25) is 0 Å². The highest BCUT2D eigenvalue weighted by atomic mass is 35.5. The standard InChI is InChI=1S/C11H20ClNO4/c12-6-4-2-1-3-5-8(10(14)15)7-9(13)11(16)17/h8-9H,1-7,13H2,(H,14,15)(H,16,17)/t8?,9-/m0/s1. The maximum absolute atomic E-state index is 10.9. The molecule has 1 unspecified atom stereocenters. The Balaban J connectivity index is 3.91. The molecule has 6 heteroatoms. The second kappa shape index (κ2) is 9.24. The number of halogens is 1. The van der Waals surface area contributed by atoms with Gasteiger partial charge >= 0.3 is 11.9 Å². The van der Waals surface area contributed by atoms with Crippen molar-refractivity contribution in [2.75, 3.05) is 5.88 Å². The van der Waals surface area contributed by atoms with Crippen LogP contribution in [-0.2, 0) is 9.59 Å². The predicted octanol–water partition coefficient (Wildman–Crippen LogP) is 1.68. The van der Waals surface area contributed by atoms with Gasteiger partial charge in [-0.1, -0.05) is 19.3 Å². The highest BCUT2D eigenvalue weighted by Crippen LogP contribution is 2.16. The minimum absolute atomic E-state index is 0.0137. The number of hydrogen-bond donors (Lipinski definition) is 3. The quantitative estimate of drug-likeness (QED) is 0.412. The summed E-state index contributed by atoms with van der Waals surface area (Å²) in [6.45, 7) is 0. The fraction of sp³-hybridized carbons (Fsp3) is 0.818. The molecule has 2 atom stereocenters. The third kappa shape index (κ3) is 7.99. The van der Waals surface area contributed by atoms with Crippen molar-refractivity contribution >= 4 is 23.5 Å². The molecule has 0 aliphatic rings. The maximum atomic E-state index is 10.9. The molecule has 0 aromatic rings. The summed E-state index contributed by atoms with van der Waals surface area (Å²) in [7, 11) is 0. The molecular formula is C11H20ClNO4. The van der Waals surface area contributed by atoms with E-state index in [1.54, 1.807) is 0 Å². The summed E-state index contributed by atoms with van der Waals surface area (Å²) >= 11 is 5.52. The van der Waals surface area contributed by atoms with Crippen molar-refractivity contribution in [1.82, 2.24) is 0 Å². The van der Waals surface area contributed by atoms with E-state index in [0.29, 0.717) is 12.3 Å². The number of unbranched alkanes of at least 4 members (excludes halogenated alkanes) is 3. The van der Waals surface area contributed by atoms with E-state index in [0.717, 1.165) is 25.7 Å². The molecule has 4 N–H and O–H groups in total. The first-order chi connectivity index (χ1) is 7.99. The van der Waals surface area contributed by atoms with Crippen LogP contribution in [0, 0.1) is 5.92 Å². The van der Waals surface area contributed by atoms with Crippen molar-refractivity contribution in [3.63, 3.8) is 0 Å². The van der Waals surface area contributed by atoms with Crippen molar-refractivity contribution in [1.29, 1.82) is 0 Å². The van der Waals surface area contributed by atoms with Gasteiger partial charge in [-0.25, -0.2) is 0 Å². The lowest BCUT2D eigenvalue weighted by Crippen LogP contribution is -2.34. The minimum atomic E-state index is -1.15. The molecule has 0 aliphatic carbocycles. The zero-order chi connectivity index (χ0) is 13.3. The number of carboxylic acids is 2. The van der Waals surface area contributed by atoms with E-state index in [1.165, 1.54) is 0 Å². The molecule has 0 aromatic heterocycles. The van der Waals surface area contributed by atoms with E-state index in [9.17, 15) is 9.59 Å². The average Bonchev–Trinajstić information content (AvgIpc) is 2.26. The van der Waals surface area contributed by atoms with Crippen LogP contribution < -0.4 is 5.73 Å². The van der Waals surface area contributed by atoms with Gasteiger partial charge < -0.3 is 15.9 Å². The van der Waals surface area contributed by atoms with Crippen LogP contribution in [0.15, 0.2) is 0 Å². The van der Waals surface area contributed by atoms with Crippen LogP contribution in [0.25, 0.3) is 0 Å². The summed E-state index contributed by atoms with van der Waals surface area (Å²) < 4.78 is 0. The van der Waals surface area contributed by atoms with Gasteiger partial charge in [0.1, 0.15) is 6.04 Å². The fourth-order valence-corrected chi connectivity index (χ4v) is 1.78. The Morgan fingerprint density at radius 3 is 2.12 bits per heavy atom. The molecule has 0 radical (unpaired) electrons. The molecule has 0 fully saturated rings. The number of hydrogen-bond acceptors (Lipinski definition) is 3. The first-order valence-corrected chi connectivity index (χ1v) is 6.29. The summed E-state index contributed by atoms with van der Waals surface area (Å²) in [6.07, 6.45) is 4.03. The Bertz CT molecular complexity index is 248. The highest BCUT2D eigenvalue weighted by molar-refractivity contribution is 6.17. The summed E-state index contributed by atoms with van der Waals surface area (Å²) in [4.78, 5) is 21.4. The Morgan fingerprint density at radius 1 is 1.06 bits per heavy atom. The second-order valence-corrected chi connectivity index (χ2v) is 4.49. The lowest BCUT2D eigenvalue weighted by atomic mass is 9.94. The van der Waals surface area contributed by atoms with Crippen LogP contribution in [0.5, 0.6) is 0 Å². The normalized spacial score (nSPS) is 14.2. The first kappa shape index (κ1) is 16.2. The van der Waals surface area contributed by atoms with Gasteiger partial charge in [-0.05, 0) is 19.3 Å². The van der Waals surface area contributed by atoms with Crippen LogP contribution in [0.3, 0.4) is 0 Å². The van der Waals surface area contributed by atoms with Crippen LogP contribution >= 0.6 is 11.6 Å². The van der Waals surface area contributed by atoms with Crippen LogP contribution in [0.1, 0.15) is 38.5 Å². The van der Waals surface area contributed by atoms with Gasteiger partial charge in [-0.3, -0.25) is 9.59 Å². The largest absolute Gasteiger partial charge is 0.481 e. The van der Waals surface area contributed by atoms with E-state index in [1.807, 2.05) is 0 Å². The van der Waals surface area contributed by atoms with Gasteiger partial charge in [0, 0.05) is 5.88 Å². The number of carbonyl (C=O) groups is 2. The second-order valence-electron chi connectivity index (χ2n) is 4.11. The topological polar surface area (TPSA) is 101 Å². The van der Waals surface area contributed by atoms with Crippen LogP contribution in [-0.4, -0.2) is 34.1 Å². The van der Waals surface area contributed by atoms with Crippen molar-refractivity contribution in [3.8, 4) is 0 Å². The lowest BCUT2D eigenvalue weighted by Gasteiger charge is -2.14. The molecule has 17 heavy (non-hydrogen) atoms. The van der Waals surface area contributed by atoms with Gasteiger partial charge in [0.25, 0.3) is 0 Å². The number of nitrogens with two attached hydrogens (primary N) is 1. The zero-order valence-corrected chi connectivity index (χ0v) is 10.5. The van der Waals surface area contributed by atoms with Crippen molar-refractivity contribution < 1.29 is 19.8 Å². The number of alkyl halides is 1. The highest BCUT2D eigenvalue weighted by Gasteiger charge is 2.23. The Labute approximate surface area is 106 Å². The summed E-state index contributed by atoms with van der Waals surface area (Å²) in [5.41, 5.74) is 5.33. The summed E-state index contributed by atoms with van der Waals surface area (Å²) in [6, 6.07) is -1.10. The number of carboxylic acid groups (broad SMARTS) is 2. The molecule has 0 aliphatic heterocycles. The smallest absolute Gasteiger partial charge is 0.320 e. The van der Waals surface area contributed by atoms with E-state index < -0.39 is 23.9 Å². The van der Waals surface area contributed by atoms with E-state index in [-0.39, 0.29) is 6.42 Å². The van der Waals surface area contributed by atoms with Crippen molar-refractivity contribution in [2.24, 2.45) is 11.7 Å². The van der Waals surface area contributed by atoms with Crippen molar-refractivity contribution in [3.05, 3.63) is 0 Å². The third-order valence-corrected chi connectivity index (χ3v) is 2.91. The number of aliphatic carboxylic acids is 2. The molecule has 0 heterocycles. The Morgan fingerprint density at radius 2 is 1.65 bits per heavy atom. The zero-order valence-electron chi connectivity index (χ0n) is 9.77. The molecule has 0 bridgehead atoms. The molecule has 0 saturated heterocycles. The first-order valence-electron chi connectivity index (χ1n) is 5.76. The van der Waals surface area contributed by atoms with E-state index in [4.69, 9.17) is 27.5 Å². The Hall–Kier alpha value is -0.810. The molecule has 100 valence electrons. The summed E-state index contributed by atoms with van der Waals surface area (Å²) in [5, 5.41) is 17.6. The lowest BCUT2D eigenvalue weighted by molar-refractivity contribution is -0.143. The van der Waals surface area contributed by atoms with Crippen LogP contribution in [0.4, 0.5) is 0 Å². The molecule has 0 aromatic carbocycles. The molecule has 0 amide bonds. The average molecular weight is 266 g/mol. The van der Waals surface area contributed by atoms with Gasteiger partial charge in [0.15, 0.2) is 0 Å². The van der Waals surface area contributed by atoms with Gasteiger partial charge in [-0.15, -0.1) is 11.6 Å². The molecule has 0 rings (SSSR count). The minimum Gasteiger partial charge on any atom is -0.481 e. The van der Waals surface area contributed by atoms with E-state index in [2.05, 4.69) is 0 Å². The maximum Gasteiger partial charge on any atom is 0.320 e. The van der Waals surface area contributed by atoms with Crippen molar-refractivity contribution in [2.45, 2.75) is 44.6 Å². The Kier molecular flexibility index (Phi) is 8.80. The molecular weight excluding hydrogens is 246 g/mol. The molecule has 0 spiro atoms. The third-order valence-electron chi connectivity index (χ3n) is 2.64. The predicted molar refractivity (Wildman–Crippen MR) is 65.2 cm³/mol. The molecule has 5 nitrogen and oxygen atoms in total. The summed E-state index contributed by atoms with van der Waals surface area (Å²) in [5.74, 6) is -2.18.